The first-order valence-corrected chi connectivity index (χ1v) is 7.77. The molecule has 0 aliphatic rings. The third kappa shape index (κ3) is 2.76. The van der Waals surface area contributed by atoms with Gasteiger partial charge in [0.15, 0.2) is 5.65 Å². The molecule has 0 unspecified atom stereocenters. The van der Waals surface area contributed by atoms with E-state index in [0.29, 0.717) is 10.9 Å². The summed E-state index contributed by atoms with van der Waals surface area (Å²) >= 11 is 12.0. The third-order valence-corrected chi connectivity index (χ3v) is 4.02. The molecule has 0 aliphatic heterocycles. The standard InChI is InChI=1S/C16H15Cl2N3/c1-2-11-5-3-4-6-12(11)10-21-15(8-17)20-14-7-13(18)9-19-16(14)21/h3-7,9H,2,8,10H2,1H3. The first kappa shape index (κ1) is 14.4. The number of rotatable bonds is 4. The average Bonchev–Trinajstić information content (AvgIpc) is 2.84. The van der Waals surface area contributed by atoms with Gasteiger partial charge in [0.05, 0.1) is 17.4 Å². The lowest BCUT2D eigenvalue weighted by atomic mass is 10.1. The summed E-state index contributed by atoms with van der Waals surface area (Å²) in [6.45, 7) is 2.88. The number of nitrogens with zero attached hydrogens (tertiary/aromatic N) is 3. The topological polar surface area (TPSA) is 30.7 Å². The van der Waals surface area contributed by atoms with E-state index < -0.39 is 0 Å². The van der Waals surface area contributed by atoms with Crippen molar-refractivity contribution in [3.05, 3.63) is 58.5 Å². The Morgan fingerprint density at radius 2 is 1.95 bits per heavy atom. The molecule has 0 aliphatic carbocycles. The maximum absolute atomic E-state index is 6.04. The molecule has 5 heteroatoms. The lowest BCUT2D eigenvalue weighted by Gasteiger charge is -2.11. The summed E-state index contributed by atoms with van der Waals surface area (Å²) in [6.07, 6.45) is 2.64. The molecule has 2 heterocycles. The molecule has 0 N–H and O–H groups in total. The number of fused-ring (bicyclic) bond motifs is 1. The predicted octanol–water partition coefficient (Wildman–Crippen LogP) is 4.43. The van der Waals surface area contributed by atoms with E-state index >= 15 is 0 Å². The minimum absolute atomic E-state index is 0.349. The van der Waals surface area contributed by atoms with Crippen LogP contribution in [0.4, 0.5) is 0 Å². The Balaban J connectivity index is 2.11. The van der Waals surface area contributed by atoms with Gasteiger partial charge >= 0.3 is 0 Å². The van der Waals surface area contributed by atoms with Crippen molar-refractivity contribution < 1.29 is 0 Å². The molecule has 108 valence electrons. The van der Waals surface area contributed by atoms with E-state index in [1.165, 1.54) is 11.1 Å². The van der Waals surface area contributed by atoms with Gasteiger partial charge in [-0.25, -0.2) is 9.97 Å². The van der Waals surface area contributed by atoms with E-state index in [1.807, 2.05) is 6.07 Å². The molecule has 3 rings (SSSR count). The highest BCUT2D eigenvalue weighted by molar-refractivity contribution is 6.31. The summed E-state index contributed by atoms with van der Waals surface area (Å²) in [5.41, 5.74) is 4.20. The number of aryl methyl sites for hydroxylation is 1. The van der Waals surface area contributed by atoms with Gasteiger partial charge < -0.3 is 4.57 Å². The maximum Gasteiger partial charge on any atom is 0.160 e. The van der Waals surface area contributed by atoms with Crippen molar-refractivity contribution in [1.29, 1.82) is 0 Å². The van der Waals surface area contributed by atoms with Crippen LogP contribution in [0.5, 0.6) is 0 Å². The van der Waals surface area contributed by atoms with Crippen LogP contribution in [0, 0.1) is 0 Å². The van der Waals surface area contributed by atoms with Crippen LogP contribution in [0.1, 0.15) is 23.9 Å². The van der Waals surface area contributed by atoms with Crippen LogP contribution in [-0.2, 0) is 18.8 Å². The number of alkyl halides is 1. The first-order chi connectivity index (χ1) is 10.2. The van der Waals surface area contributed by atoms with Gasteiger partial charge in [-0.2, -0.15) is 0 Å². The van der Waals surface area contributed by atoms with Gasteiger partial charge in [0.2, 0.25) is 0 Å². The lowest BCUT2D eigenvalue weighted by Crippen LogP contribution is -2.06. The van der Waals surface area contributed by atoms with E-state index in [9.17, 15) is 0 Å². The zero-order valence-electron chi connectivity index (χ0n) is 11.7. The minimum Gasteiger partial charge on any atom is -0.307 e. The van der Waals surface area contributed by atoms with Gasteiger partial charge in [-0.3, -0.25) is 0 Å². The van der Waals surface area contributed by atoms with Crippen molar-refractivity contribution >= 4 is 34.4 Å². The molecule has 0 atom stereocenters. The molecule has 0 amide bonds. The largest absolute Gasteiger partial charge is 0.307 e. The molecule has 1 aromatic carbocycles. The van der Waals surface area contributed by atoms with E-state index in [2.05, 4.69) is 45.7 Å². The molecular formula is C16H15Cl2N3. The SMILES string of the molecule is CCc1ccccc1Cn1c(CCl)nc2cc(Cl)cnc21. The summed E-state index contributed by atoms with van der Waals surface area (Å²) in [5.74, 6) is 1.16. The Labute approximate surface area is 133 Å². The van der Waals surface area contributed by atoms with Gasteiger partial charge in [0.1, 0.15) is 11.3 Å². The summed E-state index contributed by atoms with van der Waals surface area (Å²) < 4.78 is 2.06. The number of imidazole rings is 1. The predicted molar refractivity (Wildman–Crippen MR) is 87.0 cm³/mol. The minimum atomic E-state index is 0.349. The summed E-state index contributed by atoms with van der Waals surface area (Å²) in [7, 11) is 0. The molecule has 0 radical (unpaired) electrons. The van der Waals surface area contributed by atoms with Crippen molar-refractivity contribution in [3.8, 4) is 0 Å². The zero-order chi connectivity index (χ0) is 14.8. The highest BCUT2D eigenvalue weighted by atomic mass is 35.5. The number of pyridine rings is 1. The van der Waals surface area contributed by atoms with Crippen LogP contribution < -0.4 is 0 Å². The Hall–Kier alpha value is -1.58. The molecule has 0 saturated heterocycles. The first-order valence-electron chi connectivity index (χ1n) is 6.86. The molecule has 3 nitrogen and oxygen atoms in total. The smallest absolute Gasteiger partial charge is 0.160 e. The van der Waals surface area contributed by atoms with E-state index in [0.717, 1.165) is 30.0 Å². The van der Waals surface area contributed by atoms with Crippen LogP contribution in [0.25, 0.3) is 11.2 Å². The highest BCUT2D eigenvalue weighted by Crippen LogP contribution is 2.21. The summed E-state index contributed by atoms with van der Waals surface area (Å²) in [4.78, 5) is 8.94. The molecular weight excluding hydrogens is 305 g/mol. The molecule has 21 heavy (non-hydrogen) atoms. The van der Waals surface area contributed by atoms with Crippen LogP contribution >= 0.6 is 23.2 Å². The fourth-order valence-electron chi connectivity index (χ4n) is 2.53. The van der Waals surface area contributed by atoms with Gasteiger partial charge in [0, 0.05) is 6.20 Å². The zero-order valence-corrected chi connectivity index (χ0v) is 13.2. The van der Waals surface area contributed by atoms with Gasteiger partial charge in [-0.1, -0.05) is 42.8 Å². The van der Waals surface area contributed by atoms with E-state index in [-0.39, 0.29) is 0 Å². The van der Waals surface area contributed by atoms with Crippen molar-refractivity contribution in [3.63, 3.8) is 0 Å². The van der Waals surface area contributed by atoms with Crippen molar-refractivity contribution in [1.82, 2.24) is 14.5 Å². The second kappa shape index (κ2) is 6.04. The normalized spacial score (nSPS) is 11.2. The highest BCUT2D eigenvalue weighted by Gasteiger charge is 2.13. The Morgan fingerprint density at radius 1 is 1.19 bits per heavy atom. The number of aromatic nitrogens is 3. The average molecular weight is 320 g/mol. The number of halogens is 2. The van der Waals surface area contributed by atoms with Crippen LogP contribution in [-0.4, -0.2) is 14.5 Å². The summed E-state index contributed by atoms with van der Waals surface area (Å²) in [5, 5.41) is 0.585. The van der Waals surface area contributed by atoms with Gasteiger partial charge in [-0.05, 0) is 23.6 Å². The van der Waals surface area contributed by atoms with Crippen LogP contribution in [0.3, 0.4) is 0 Å². The fourth-order valence-corrected chi connectivity index (χ4v) is 2.88. The monoisotopic (exact) mass is 319 g/mol. The number of hydrogen-bond acceptors (Lipinski definition) is 2. The molecule has 0 fully saturated rings. The molecule has 3 aromatic rings. The quantitative estimate of drug-likeness (QED) is 0.666. The second-order valence-corrected chi connectivity index (χ2v) is 5.57. The molecule has 2 aromatic heterocycles. The van der Waals surface area contributed by atoms with Crippen molar-refractivity contribution in [2.45, 2.75) is 25.8 Å². The number of hydrogen-bond donors (Lipinski definition) is 0. The van der Waals surface area contributed by atoms with Gasteiger partial charge in [0.25, 0.3) is 0 Å². The van der Waals surface area contributed by atoms with E-state index in [1.54, 1.807) is 6.20 Å². The van der Waals surface area contributed by atoms with Crippen molar-refractivity contribution in [2.75, 3.05) is 0 Å². The van der Waals surface area contributed by atoms with Crippen molar-refractivity contribution in [2.24, 2.45) is 0 Å². The Morgan fingerprint density at radius 3 is 2.67 bits per heavy atom. The maximum atomic E-state index is 6.04. The third-order valence-electron chi connectivity index (χ3n) is 3.58. The molecule has 0 bridgehead atoms. The van der Waals surface area contributed by atoms with Gasteiger partial charge in [-0.15, -0.1) is 11.6 Å². The molecule has 0 spiro atoms. The van der Waals surface area contributed by atoms with Crippen LogP contribution in [0.2, 0.25) is 5.02 Å². The summed E-state index contributed by atoms with van der Waals surface area (Å²) in [6, 6.07) is 10.2. The Kier molecular flexibility index (Phi) is 4.13. The lowest BCUT2D eigenvalue weighted by molar-refractivity contribution is 0.762. The van der Waals surface area contributed by atoms with Crippen LogP contribution in [0.15, 0.2) is 36.5 Å². The number of benzene rings is 1. The van der Waals surface area contributed by atoms with E-state index in [4.69, 9.17) is 23.2 Å². The fraction of sp³-hybridized carbons (Fsp3) is 0.250. The Bertz CT molecular complexity index is 780. The second-order valence-electron chi connectivity index (χ2n) is 4.87. The molecule has 0 saturated carbocycles.